The SMILES string of the molecule is CCC(C)C(N)C(=O)NC(CC(=O)O)C(=O)NC(Cc1ccc(O)cc1)C(=O)NCC(=O)O. The molecule has 33 heavy (non-hydrogen) atoms. The highest BCUT2D eigenvalue weighted by Crippen LogP contribution is 2.12. The monoisotopic (exact) mass is 466 g/mol. The van der Waals surface area contributed by atoms with Gasteiger partial charge in [0, 0.05) is 6.42 Å². The van der Waals surface area contributed by atoms with Crippen LogP contribution in [0.3, 0.4) is 0 Å². The fraction of sp³-hybridized carbons (Fsp3) is 0.476. The normalized spacial score (nSPS) is 14.3. The Balaban J connectivity index is 3.04. The number of phenols is 1. The molecule has 0 radical (unpaired) electrons. The molecular weight excluding hydrogens is 436 g/mol. The van der Waals surface area contributed by atoms with Gasteiger partial charge in [-0.05, 0) is 23.6 Å². The van der Waals surface area contributed by atoms with Crippen molar-refractivity contribution >= 4 is 29.7 Å². The standard InChI is InChI=1S/C21H30N4O8/c1-3-11(2)18(22)21(33)25-15(9-16(27)28)20(32)24-14(19(31)23-10-17(29)30)8-12-4-6-13(26)7-5-12/h4-7,11,14-15,18,26H,3,8-10,22H2,1-2H3,(H,23,31)(H,24,32)(H,25,33)(H,27,28)(H,29,30). The Morgan fingerprint density at radius 1 is 0.909 bits per heavy atom. The van der Waals surface area contributed by atoms with E-state index in [2.05, 4.69) is 16.0 Å². The molecule has 0 spiro atoms. The molecule has 12 nitrogen and oxygen atoms in total. The van der Waals surface area contributed by atoms with Crippen molar-refractivity contribution < 1.29 is 39.3 Å². The minimum Gasteiger partial charge on any atom is -0.508 e. The van der Waals surface area contributed by atoms with Crippen LogP contribution >= 0.6 is 0 Å². The Hall–Kier alpha value is -3.67. The van der Waals surface area contributed by atoms with Crippen molar-refractivity contribution in [2.75, 3.05) is 6.54 Å². The average Bonchev–Trinajstić information content (AvgIpc) is 2.76. The maximum Gasteiger partial charge on any atom is 0.322 e. The van der Waals surface area contributed by atoms with E-state index in [9.17, 15) is 29.1 Å². The molecule has 1 rings (SSSR count). The van der Waals surface area contributed by atoms with Gasteiger partial charge in [0.1, 0.15) is 24.4 Å². The molecule has 0 fully saturated rings. The number of carboxylic acids is 2. The predicted octanol–water partition coefficient (Wildman–Crippen LogP) is -1.05. The summed E-state index contributed by atoms with van der Waals surface area (Å²) in [4.78, 5) is 59.7. The number of hydrogen-bond donors (Lipinski definition) is 7. The largest absolute Gasteiger partial charge is 0.508 e. The molecule has 1 aromatic carbocycles. The summed E-state index contributed by atoms with van der Waals surface area (Å²) in [5, 5.41) is 34.2. The smallest absolute Gasteiger partial charge is 0.322 e. The van der Waals surface area contributed by atoms with Crippen LogP contribution in [0.4, 0.5) is 0 Å². The van der Waals surface area contributed by atoms with Gasteiger partial charge in [0.15, 0.2) is 0 Å². The van der Waals surface area contributed by atoms with Crippen molar-refractivity contribution in [3.63, 3.8) is 0 Å². The van der Waals surface area contributed by atoms with Crippen molar-refractivity contribution in [1.82, 2.24) is 16.0 Å². The van der Waals surface area contributed by atoms with Crippen molar-refractivity contribution in [2.24, 2.45) is 11.7 Å². The van der Waals surface area contributed by atoms with Gasteiger partial charge in [-0.1, -0.05) is 32.4 Å². The second-order valence-electron chi connectivity index (χ2n) is 7.61. The van der Waals surface area contributed by atoms with Gasteiger partial charge in [-0.25, -0.2) is 0 Å². The second kappa shape index (κ2) is 13.0. The maximum atomic E-state index is 12.8. The molecule has 3 amide bonds. The minimum atomic E-state index is -1.51. The zero-order valence-electron chi connectivity index (χ0n) is 18.4. The summed E-state index contributed by atoms with van der Waals surface area (Å²) in [5.74, 6) is -5.38. The lowest BCUT2D eigenvalue weighted by Crippen LogP contribution is -2.57. The summed E-state index contributed by atoms with van der Waals surface area (Å²) in [5.41, 5.74) is 6.38. The van der Waals surface area contributed by atoms with Crippen molar-refractivity contribution in [3.05, 3.63) is 29.8 Å². The number of aromatic hydroxyl groups is 1. The van der Waals surface area contributed by atoms with Gasteiger partial charge in [-0.3, -0.25) is 24.0 Å². The van der Waals surface area contributed by atoms with Gasteiger partial charge in [0.2, 0.25) is 17.7 Å². The van der Waals surface area contributed by atoms with Gasteiger partial charge in [-0.2, -0.15) is 0 Å². The highest BCUT2D eigenvalue weighted by Gasteiger charge is 2.31. The highest BCUT2D eigenvalue weighted by atomic mass is 16.4. The number of amides is 3. The summed E-state index contributed by atoms with van der Waals surface area (Å²) < 4.78 is 0. The molecule has 0 bridgehead atoms. The zero-order chi connectivity index (χ0) is 25.1. The van der Waals surface area contributed by atoms with E-state index in [0.717, 1.165) is 0 Å². The first-order valence-corrected chi connectivity index (χ1v) is 10.3. The predicted molar refractivity (Wildman–Crippen MR) is 116 cm³/mol. The van der Waals surface area contributed by atoms with E-state index in [1.165, 1.54) is 24.3 Å². The lowest BCUT2D eigenvalue weighted by molar-refractivity contribution is -0.141. The molecule has 0 aliphatic carbocycles. The number of carboxylic acid groups (broad SMARTS) is 2. The number of nitrogens with one attached hydrogen (secondary N) is 3. The van der Waals surface area contributed by atoms with E-state index in [1.54, 1.807) is 6.92 Å². The number of carbonyl (C=O) groups is 5. The minimum absolute atomic E-state index is 0.0171. The molecule has 12 heteroatoms. The Morgan fingerprint density at radius 2 is 1.48 bits per heavy atom. The number of benzene rings is 1. The average molecular weight is 466 g/mol. The molecule has 1 aromatic rings. The van der Waals surface area contributed by atoms with Crippen LogP contribution in [0.5, 0.6) is 5.75 Å². The number of hydrogen-bond acceptors (Lipinski definition) is 7. The van der Waals surface area contributed by atoms with Gasteiger partial charge in [-0.15, -0.1) is 0 Å². The number of aliphatic carboxylic acids is 2. The van der Waals surface area contributed by atoms with E-state index in [1.807, 2.05) is 6.92 Å². The third kappa shape index (κ3) is 9.56. The van der Waals surface area contributed by atoms with Crippen molar-refractivity contribution in [1.29, 1.82) is 0 Å². The van der Waals surface area contributed by atoms with Gasteiger partial charge in [0.05, 0.1) is 12.5 Å². The van der Waals surface area contributed by atoms with Gasteiger partial charge >= 0.3 is 11.9 Å². The molecule has 0 saturated carbocycles. The zero-order valence-corrected chi connectivity index (χ0v) is 18.4. The fourth-order valence-corrected chi connectivity index (χ4v) is 2.80. The van der Waals surface area contributed by atoms with Crippen LogP contribution in [0, 0.1) is 5.92 Å². The van der Waals surface area contributed by atoms with Crippen LogP contribution in [0.25, 0.3) is 0 Å². The quantitative estimate of drug-likeness (QED) is 0.189. The summed E-state index contributed by atoms with van der Waals surface area (Å²) in [6.07, 6.45) is -0.256. The molecule has 0 aliphatic rings. The molecule has 182 valence electrons. The lowest BCUT2D eigenvalue weighted by Gasteiger charge is -2.24. The van der Waals surface area contributed by atoms with Crippen LogP contribution in [0.1, 0.15) is 32.3 Å². The third-order valence-corrected chi connectivity index (χ3v) is 4.99. The molecule has 8 N–H and O–H groups in total. The fourth-order valence-electron chi connectivity index (χ4n) is 2.80. The van der Waals surface area contributed by atoms with Crippen LogP contribution in [0.15, 0.2) is 24.3 Å². The van der Waals surface area contributed by atoms with E-state index in [-0.39, 0.29) is 18.1 Å². The number of carbonyl (C=O) groups excluding carboxylic acids is 3. The number of nitrogens with two attached hydrogens (primary N) is 1. The molecule has 0 heterocycles. The topological polar surface area (TPSA) is 208 Å². The van der Waals surface area contributed by atoms with Gasteiger partial charge < -0.3 is 37.0 Å². The number of rotatable bonds is 13. The van der Waals surface area contributed by atoms with Crippen LogP contribution in [-0.4, -0.2) is 69.7 Å². The summed E-state index contributed by atoms with van der Waals surface area (Å²) >= 11 is 0. The van der Waals surface area contributed by atoms with E-state index in [0.29, 0.717) is 12.0 Å². The molecule has 0 aliphatic heterocycles. The molecule has 0 saturated heterocycles. The maximum absolute atomic E-state index is 12.8. The highest BCUT2D eigenvalue weighted by molar-refractivity contribution is 5.95. The third-order valence-electron chi connectivity index (χ3n) is 4.99. The van der Waals surface area contributed by atoms with Crippen LogP contribution in [-0.2, 0) is 30.4 Å². The molecular formula is C21H30N4O8. The first-order valence-electron chi connectivity index (χ1n) is 10.3. The first-order chi connectivity index (χ1) is 15.4. The Morgan fingerprint density at radius 3 is 2.00 bits per heavy atom. The van der Waals surface area contributed by atoms with E-state index >= 15 is 0 Å². The molecule has 0 aromatic heterocycles. The van der Waals surface area contributed by atoms with E-state index in [4.69, 9.17) is 15.9 Å². The Bertz CT molecular complexity index is 858. The summed E-state index contributed by atoms with van der Waals surface area (Å²) in [7, 11) is 0. The second-order valence-corrected chi connectivity index (χ2v) is 7.61. The van der Waals surface area contributed by atoms with Crippen LogP contribution < -0.4 is 21.7 Å². The van der Waals surface area contributed by atoms with Gasteiger partial charge in [0.25, 0.3) is 0 Å². The van der Waals surface area contributed by atoms with Crippen LogP contribution in [0.2, 0.25) is 0 Å². The summed E-state index contributed by atoms with van der Waals surface area (Å²) in [6, 6.07) is 1.98. The first kappa shape index (κ1) is 27.4. The molecule has 4 unspecified atom stereocenters. The summed E-state index contributed by atoms with van der Waals surface area (Å²) in [6.45, 7) is 2.86. The number of phenolic OH excluding ortho intramolecular Hbond substituents is 1. The van der Waals surface area contributed by atoms with Crippen molar-refractivity contribution in [2.45, 2.75) is 51.2 Å². The van der Waals surface area contributed by atoms with Crippen molar-refractivity contribution in [3.8, 4) is 5.75 Å². The Kier molecular flexibility index (Phi) is 10.8. The Labute approximate surface area is 190 Å². The van der Waals surface area contributed by atoms with E-state index < -0.39 is 60.8 Å². The lowest BCUT2D eigenvalue weighted by atomic mass is 9.98. The molecule has 4 atom stereocenters.